The first-order valence-corrected chi connectivity index (χ1v) is 7.21. The second kappa shape index (κ2) is 6.13. The average molecular weight is 331 g/mol. The topological polar surface area (TPSA) is 73.0 Å². The number of amides is 1. The van der Waals surface area contributed by atoms with Crippen molar-refractivity contribution in [1.82, 2.24) is 15.4 Å². The van der Waals surface area contributed by atoms with Crippen molar-refractivity contribution in [2.75, 3.05) is 0 Å². The molecular weight excluding hydrogens is 320 g/mol. The van der Waals surface area contributed by atoms with Gasteiger partial charge in [0.25, 0.3) is 5.91 Å². The highest BCUT2D eigenvalue weighted by Crippen LogP contribution is 2.12. The summed E-state index contributed by atoms with van der Waals surface area (Å²) in [7, 11) is 0. The minimum atomic E-state index is -0.305. The molecule has 0 saturated heterocycles. The third-order valence-electron chi connectivity index (χ3n) is 3.01. The van der Waals surface area contributed by atoms with Gasteiger partial charge in [-0.15, -0.1) is 0 Å². The lowest BCUT2D eigenvalue weighted by Crippen LogP contribution is -2.17. The predicted molar refractivity (Wildman–Crippen MR) is 90.0 cm³/mol. The molecule has 3 N–H and O–H groups in total. The van der Waals surface area contributed by atoms with Crippen LogP contribution in [0.25, 0.3) is 11.0 Å². The summed E-state index contributed by atoms with van der Waals surface area (Å²) in [6.07, 6.45) is 1.53. The Hall–Kier alpha value is -2.44. The van der Waals surface area contributed by atoms with E-state index < -0.39 is 0 Å². The van der Waals surface area contributed by atoms with Gasteiger partial charge in [-0.2, -0.15) is 5.10 Å². The number of rotatable bonds is 3. The van der Waals surface area contributed by atoms with Crippen molar-refractivity contribution in [1.29, 1.82) is 0 Å². The lowest BCUT2D eigenvalue weighted by atomic mass is 10.2. The average Bonchev–Trinajstić information content (AvgIpc) is 2.86. The lowest BCUT2D eigenvalue weighted by Gasteiger charge is -2.00. The summed E-state index contributed by atoms with van der Waals surface area (Å²) in [5.41, 5.74) is 5.39. The summed E-state index contributed by atoms with van der Waals surface area (Å²) >= 11 is 10.9. The van der Waals surface area contributed by atoms with Crippen LogP contribution in [0.2, 0.25) is 5.02 Å². The second-order valence-corrected chi connectivity index (χ2v) is 5.44. The predicted octanol–water partition coefficient (Wildman–Crippen LogP) is 3.64. The zero-order valence-electron chi connectivity index (χ0n) is 11.3. The van der Waals surface area contributed by atoms with E-state index in [0.29, 0.717) is 15.4 Å². The second-order valence-electron chi connectivity index (χ2n) is 4.59. The first-order valence-electron chi connectivity index (χ1n) is 6.43. The highest BCUT2D eigenvalue weighted by molar-refractivity contribution is 7.71. The summed E-state index contributed by atoms with van der Waals surface area (Å²) in [5, 5.41) is 4.54. The summed E-state index contributed by atoms with van der Waals surface area (Å²) < 4.78 is 0.520. The first kappa shape index (κ1) is 14.5. The fraction of sp³-hybridized carbons (Fsp3) is 0. The maximum atomic E-state index is 12.1. The standard InChI is InChI=1S/C15H11ClN4OS/c16-11-3-1-2-9(6-11)8-17-20-14(21)10-4-5-12-13(7-10)19-15(22)18-12/h1-8H,(H,20,21)(H2,18,19,22)/b17-8-. The smallest absolute Gasteiger partial charge is 0.271 e. The van der Waals surface area contributed by atoms with Gasteiger partial charge < -0.3 is 9.97 Å². The molecule has 3 aromatic rings. The van der Waals surface area contributed by atoms with E-state index in [1.54, 1.807) is 30.3 Å². The number of aromatic amines is 2. The van der Waals surface area contributed by atoms with E-state index in [2.05, 4.69) is 20.5 Å². The van der Waals surface area contributed by atoms with Crippen LogP contribution in [-0.2, 0) is 0 Å². The molecule has 0 bridgehead atoms. The van der Waals surface area contributed by atoms with Crippen molar-refractivity contribution < 1.29 is 4.79 Å². The minimum Gasteiger partial charge on any atom is -0.331 e. The van der Waals surface area contributed by atoms with Gasteiger partial charge >= 0.3 is 0 Å². The van der Waals surface area contributed by atoms with E-state index in [1.165, 1.54) is 6.21 Å². The molecule has 1 aromatic heterocycles. The number of halogens is 1. The van der Waals surface area contributed by atoms with Crippen LogP contribution in [0, 0.1) is 4.77 Å². The maximum absolute atomic E-state index is 12.1. The van der Waals surface area contributed by atoms with E-state index in [0.717, 1.165) is 16.6 Å². The van der Waals surface area contributed by atoms with Crippen molar-refractivity contribution in [3.8, 4) is 0 Å². The van der Waals surface area contributed by atoms with E-state index in [4.69, 9.17) is 23.8 Å². The van der Waals surface area contributed by atoms with Crippen LogP contribution in [0.5, 0.6) is 0 Å². The van der Waals surface area contributed by atoms with Crippen molar-refractivity contribution in [3.63, 3.8) is 0 Å². The third kappa shape index (κ3) is 3.24. The number of nitrogens with one attached hydrogen (secondary N) is 3. The van der Waals surface area contributed by atoms with Crippen molar-refractivity contribution >= 4 is 47.0 Å². The number of fused-ring (bicyclic) bond motifs is 1. The van der Waals surface area contributed by atoms with Crippen LogP contribution >= 0.6 is 23.8 Å². The minimum absolute atomic E-state index is 0.305. The Morgan fingerprint density at radius 2 is 2.00 bits per heavy atom. The highest BCUT2D eigenvalue weighted by Gasteiger charge is 2.06. The van der Waals surface area contributed by atoms with Gasteiger partial charge in [0.2, 0.25) is 0 Å². The van der Waals surface area contributed by atoms with Gasteiger partial charge in [0.1, 0.15) is 0 Å². The number of hydrogen-bond acceptors (Lipinski definition) is 3. The molecular formula is C15H11ClN4OS. The molecule has 0 aliphatic carbocycles. The number of hydrogen-bond donors (Lipinski definition) is 3. The van der Waals surface area contributed by atoms with Crippen molar-refractivity contribution in [2.24, 2.45) is 5.10 Å². The normalized spacial score (nSPS) is 11.1. The zero-order chi connectivity index (χ0) is 15.5. The molecule has 0 aliphatic rings. The van der Waals surface area contributed by atoms with Gasteiger partial charge in [-0.3, -0.25) is 4.79 Å². The molecule has 5 nitrogen and oxygen atoms in total. The van der Waals surface area contributed by atoms with Gasteiger partial charge in [0, 0.05) is 10.6 Å². The zero-order valence-corrected chi connectivity index (χ0v) is 12.8. The fourth-order valence-corrected chi connectivity index (χ4v) is 2.41. The van der Waals surface area contributed by atoms with Crippen molar-refractivity contribution in [3.05, 3.63) is 63.4 Å². The molecule has 22 heavy (non-hydrogen) atoms. The van der Waals surface area contributed by atoms with Crippen LogP contribution < -0.4 is 5.43 Å². The van der Waals surface area contributed by atoms with Crippen LogP contribution in [0.4, 0.5) is 0 Å². The van der Waals surface area contributed by atoms with E-state index in [1.807, 2.05) is 12.1 Å². The molecule has 0 fully saturated rings. The lowest BCUT2D eigenvalue weighted by molar-refractivity contribution is 0.0955. The number of carbonyl (C=O) groups is 1. The van der Waals surface area contributed by atoms with Gasteiger partial charge in [0.05, 0.1) is 17.2 Å². The van der Waals surface area contributed by atoms with Crippen molar-refractivity contribution in [2.45, 2.75) is 0 Å². The van der Waals surface area contributed by atoms with Gasteiger partial charge in [-0.1, -0.05) is 23.7 Å². The van der Waals surface area contributed by atoms with E-state index in [-0.39, 0.29) is 5.91 Å². The molecule has 3 rings (SSSR count). The maximum Gasteiger partial charge on any atom is 0.271 e. The van der Waals surface area contributed by atoms with Crippen LogP contribution in [0.15, 0.2) is 47.6 Å². The number of benzene rings is 2. The number of carbonyl (C=O) groups excluding carboxylic acids is 1. The third-order valence-corrected chi connectivity index (χ3v) is 3.45. The highest BCUT2D eigenvalue weighted by atomic mass is 35.5. The molecule has 0 unspecified atom stereocenters. The largest absolute Gasteiger partial charge is 0.331 e. The molecule has 0 atom stereocenters. The van der Waals surface area contributed by atoms with Gasteiger partial charge in [0.15, 0.2) is 4.77 Å². The molecule has 0 radical (unpaired) electrons. The number of nitrogens with zero attached hydrogens (tertiary/aromatic N) is 1. The Labute approximate surface area is 136 Å². The number of hydrazone groups is 1. The van der Waals surface area contributed by atoms with Crippen LogP contribution in [0.3, 0.4) is 0 Å². The SMILES string of the molecule is O=C(N/N=C\c1cccc(Cl)c1)c1ccc2[nH]c(=S)[nH]c2c1. The molecule has 0 aliphatic heterocycles. The Balaban J connectivity index is 1.74. The first-order chi connectivity index (χ1) is 10.6. The quantitative estimate of drug-likeness (QED) is 0.389. The molecule has 1 heterocycles. The number of imidazole rings is 1. The summed E-state index contributed by atoms with van der Waals surface area (Å²) in [6.45, 7) is 0. The van der Waals surface area contributed by atoms with E-state index in [9.17, 15) is 4.79 Å². The molecule has 110 valence electrons. The molecule has 2 aromatic carbocycles. The van der Waals surface area contributed by atoms with Gasteiger partial charge in [-0.25, -0.2) is 5.43 Å². The number of H-pyrrole nitrogens is 2. The monoisotopic (exact) mass is 330 g/mol. The Morgan fingerprint density at radius 1 is 1.18 bits per heavy atom. The Kier molecular flexibility index (Phi) is 4.04. The molecule has 0 spiro atoms. The molecule has 7 heteroatoms. The fourth-order valence-electron chi connectivity index (χ4n) is 1.99. The van der Waals surface area contributed by atoms with E-state index >= 15 is 0 Å². The van der Waals surface area contributed by atoms with Gasteiger partial charge in [-0.05, 0) is 48.1 Å². The molecule has 0 saturated carbocycles. The van der Waals surface area contributed by atoms with Crippen LogP contribution in [-0.4, -0.2) is 22.1 Å². The summed E-state index contributed by atoms with van der Waals surface area (Å²) in [5.74, 6) is -0.305. The Morgan fingerprint density at radius 3 is 2.82 bits per heavy atom. The number of aromatic nitrogens is 2. The van der Waals surface area contributed by atoms with Crippen LogP contribution in [0.1, 0.15) is 15.9 Å². The summed E-state index contributed by atoms with van der Waals surface area (Å²) in [4.78, 5) is 18.0. The summed E-state index contributed by atoms with van der Waals surface area (Å²) in [6, 6.07) is 12.4. The molecule has 1 amide bonds. The Bertz CT molecular complexity index is 928.